The summed E-state index contributed by atoms with van der Waals surface area (Å²) in [6.45, 7) is 9.86. The van der Waals surface area contributed by atoms with E-state index in [2.05, 4.69) is 42.6 Å². The van der Waals surface area contributed by atoms with Gasteiger partial charge in [0, 0.05) is 24.3 Å². The van der Waals surface area contributed by atoms with Gasteiger partial charge in [-0.15, -0.1) is 0 Å². The Bertz CT molecular complexity index is 715. The summed E-state index contributed by atoms with van der Waals surface area (Å²) in [5.74, 6) is 0.505. The number of thioether (sulfide) groups is 1. The number of hydrogen-bond acceptors (Lipinski definition) is 4. The molecule has 138 valence electrons. The summed E-state index contributed by atoms with van der Waals surface area (Å²) in [5, 5.41) is 0.554. The van der Waals surface area contributed by atoms with Crippen LogP contribution in [0.15, 0.2) is 16.0 Å². The zero-order valence-electron chi connectivity index (χ0n) is 15.7. The molecule has 6 heteroatoms. The quantitative estimate of drug-likeness (QED) is 0.644. The third kappa shape index (κ3) is 4.27. The van der Waals surface area contributed by atoms with Crippen molar-refractivity contribution in [2.75, 3.05) is 12.3 Å². The molecule has 0 unspecified atom stereocenters. The molecule has 1 saturated carbocycles. The van der Waals surface area contributed by atoms with Gasteiger partial charge in [-0.1, -0.05) is 45.9 Å². The minimum Gasteiger partial charge on any atom is -0.338 e. The smallest absolute Gasteiger partial charge is 0.251 e. The van der Waals surface area contributed by atoms with Crippen molar-refractivity contribution in [3.63, 3.8) is 0 Å². The van der Waals surface area contributed by atoms with E-state index in [-0.39, 0.29) is 16.9 Å². The first kappa shape index (κ1) is 18.5. The molecule has 1 aromatic heterocycles. The number of likely N-dealkylation sites (tertiary alicyclic amines) is 1. The number of fused-ring (bicyclic) bond motifs is 2. The number of rotatable bonds is 5. The highest BCUT2D eigenvalue weighted by molar-refractivity contribution is 7.99. The third-order valence-electron chi connectivity index (χ3n) is 5.35. The van der Waals surface area contributed by atoms with Crippen LogP contribution >= 0.6 is 11.8 Å². The fourth-order valence-electron chi connectivity index (χ4n) is 4.90. The number of amides is 1. The van der Waals surface area contributed by atoms with Crippen LogP contribution in [0, 0.1) is 10.8 Å². The molecule has 0 spiro atoms. The molecule has 25 heavy (non-hydrogen) atoms. The van der Waals surface area contributed by atoms with Crippen molar-refractivity contribution in [1.29, 1.82) is 0 Å². The van der Waals surface area contributed by atoms with Crippen molar-refractivity contribution in [1.82, 2.24) is 14.9 Å². The standard InChI is InChI=1S/C19H29N3O2S/c1-5-6-13-7-15(23)21-17(20-13)25-10-16(24)22-12-19(4)9-14(22)8-18(2,3)11-19/h7,14H,5-6,8-12H2,1-4H3,(H,20,21,23)/t14-,19-/m0/s1. The van der Waals surface area contributed by atoms with Crippen molar-refractivity contribution in [3.8, 4) is 0 Å². The lowest BCUT2D eigenvalue weighted by atomic mass is 9.65. The van der Waals surface area contributed by atoms with Crippen LogP contribution in [0.2, 0.25) is 0 Å². The largest absolute Gasteiger partial charge is 0.338 e. The summed E-state index contributed by atoms with van der Waals surface area (Å²) in [6, 6.07) is 1.90. The number of aryl methyl sites for hydroxylation is 1. The molecular formula is C19H29N3O2S. The first-order chi connectivity index (χ1) is 11.7. The Morgan fingerprint density at radius 1 is 1.40 bits per heavy atom. The van der Waals surface area contributed by atoms with E-state index in [0.717, 1.165) is 37.9 Å². The van der Waals surface area contributed by atoms with Crippen molar-refractivity contribution in [2.45, 2.75) is 71.0 Å². The van der Waals surface area contributed by atoms with E-state index < -0.39 is 0 Å². The second kappa shape index (κ2) is 6.78. The van der Waals surface area contributed by atoms with Crippen LogP contribution in [-0.2, 0) is 11.2 Å². The first-order valence-electron chi connectivity index (χ1n) is 9.22. The maximum atomic E-state index is 12.8. The van der Waals surface area contributed by atoms with Gasteiger partial charge in [-0.25, -0.2) is 4.98 Å². The molecule has 1 amide bonds. The van der Waals surface area contributed by atoms with Gasteiger partial charge in [-0.2, -0.15) is 0 Å². The van der Waals surface area contributed by atoms with Gasteiger partial charge in [0.1, 0.15) is 0 Å². The molecule has 2 bridgehead atoms. The average Bonchev–Trinajstić information content (AvgIpc) is 2.73. The van der Waals surface area contributed by atoms with Crippen LogP contribution in [0.4, 0.5) is 0 Å². The van der Waals surface area contributed by atoms with Crippen LogP contribution in [0.25, 0.3) is 0 Å². The molecule has 3 rings (SSSR count). The fourth-order valence-corrected chi connectivity index (χ4v) is 5.68. The predicted octanol–water partition coefficient (Wildman–Crippen LogP) is 3.24. The van der Waals surface area contributed by atoms with E-state index in [1.807, 2.05) is 0 Å². The van der Waals surface area contributed by atoms with Gasteiger partial charge < -0.3 is 9.88 Å². The van der Waals surface area contributed by atoms with E-state index in [9.17, 15) is 9.59 Å². The summed E-state index contributed by atoms with van der Waals surface area (Å²) in [4.78, 5) is 33.8. The monoisotopic (exact) mass is 363 g/mol. The molecule has 1 aromatic rings. The highest BCUT2D eigenvalue weighted by atomic mass is 32.2. The zero-order chi connectivity index (χ0) is 18.2. The third-order valence-corrected chi connectivity index (χ3v) is 6.20. The molecule has 5 nitrogen and oxygen atoms in total. The number of hydrogen-bond donors (Lipinski definition) is 1. The maximum absolute atomic E-state index is 12.8. The van der Waals surface area contributed by atoms with Crippen molar-refractivity contribution in [3.05, 3.63) is 22.1 Å². The van der Waals surface area contributed by atoms with Gasteiger partial charge in [0.2, 0.25) is 5.91 Å². The van der Waals surface area contributed by atoms with Crippen molar-refractivity contribution < 1.29 is 4.79 Å². The van der Waals surface area contributed by atoms with E-state index in [1.54, 1.807) is 6.07 Å². The van der Waals surface area contributed by atoms with Crippen LogP contribution in [0.5, 0.6) is 0 Å². The first-order valence-corrected chi connectivity index (χ1v) is 10.2. The van der Waals surface area contributed by atoms with Crippen molar-refractivity contribution >= 4 is 17.7 Å². The number of carbonyl (C=O) groups is 1. The lowest BCUT2D eigenvalue weighted by molar-refractivity contribution is -0.129. The number of nitrogens with zero attached hydrogens (tertiary/aromatic N) is 2. The molecule has 0 radical (unpaired) electrons. The Kier molecular flexibility index (Phi) is 5.02. The van der Waals surface area contributed by atoms with Gasteiger partial charge in [-0.3, -0.25) is 9.59 Å². The minimum atomic E-state index is -0.139. The summed E-state index contributed by atoms with van der Waals surface area (Å²) in [6.07, 6.45) is 5.12. The van der Waals surface area contributed by atoms with Gasteiger partial charge in [0.05, 0.1) is 5.75 Å². The number of carbonyl (C=O) groups excluding carboxylic acids is 1. The normalized spacial score (nSPS) is 27.5. The van der Waals surface area contributed by atoms with E-state index in [0.29, 0.717) is 22.4 Å². The Balaban J connectivity index is 1.65. The predicted molar refractivity (Wildman–Crippen MR) is 101 cm³/mol. The molecule has 2 heterocycles. The molecule has 1 aliphatic carbocycles. The summed E-state index contributed by atoms with van der Waals surface area (Å²) in [5.41, 5.74) is 1.22. The van der Waals surface area contributed by atoms with Gasteiger partial charge in [0.25, 0.3) is 5.56 Å². The maximum Gasteiger partial charge on any atom is 0.251 e. The second-order valence-electron chi connectivity index (χ2n) is 8.82. The van der Waals surface area contributed by atoms with Crippen LogP contribution in [0.3, 0.4) is 0 Å². The van der Waals surface area contributed by atoms with E-state index in [1.165, 1.54) is 18.2 Å². The molecule has 0 aromatic carbocycles. The molecule has 1 saturated heterocycles. The number of aromatic nitrogens is 2. The van der Waals surface area contributed by atoms with Gasteiger partial charge in [-0.05, 0) is 36.5 Å². The SMILES string of the molecule is CCCc1cc(=O)[nH]c(SCC(=O)N2C[C@@]3(C)C[C@@H]2CC(C)(C)C3)n1. The molecule has 1 N–H and O–H groups in total. The van der Waals surface area contributed by atoms with Crippen LogP contribution < -0.4 is 5.56 Å². The zero-order valence-corrected chi connectivity index (χ0v) is 16.5. The fraction of sp³-hybridized carbons (Fsp3) is 0.737. The Hall–Kier alpha value is -1.30. The summed E-state index contributed by atoms with van der Waals surface area (Å²) < 4.78 is 0. The Labute approximate surface area is 154 Å². The van der Waals surface area contributed by atoms with E-state index in [4.69, 9.17) is 0 Å². The number of H-pyrrole nitrogens is 1. The highest BCUT2D eigenvalue weighted by Gasteiger charge is 2.50. The minimum absolute atomic E-state index is 0.139. The summed E-state index contributed by atoms with van der Waals surface area (Å²) in [7, 11) is 0. The van der Waals surface area contributed by atoms with Crippen LogP contribution in [0.1, 0.15) is 59.1 Å². The lowest BCUT2D eigenvalue weighted by Crippen LogP contribution is -2.38. The Morgan fingerprint density at radius 2 is 2.16 bits per heavy atom. The number of nitrogens with one attached hydrogen (secondary N) is 1. The topological polar surface area (TPSA) is 66.1 Å². The summed E-state index contributed by atoms with van der Waals surface area (Å²) >= 11 is 1.34. The van der Waals surface area contributed by atoms with Gasteiger partial charge >= 0.3 is 0 Å². The van der Waals surface area contributed by atoms with E-state index >= 15 is 0 Å². The Morgan fingerprint density at radius 3 is 2.88 bits per heavy atom. The average molecular weight is 364 g/mol. The molecule has 1 aliphatic heterocycles. The van der Waals surface area contributed by atoms with Crippen LogP contribution in [-0.4, -0.2) is 39.1 Å². The molecule has 2 fully saturated rings. The number of aromatic amines is 1. The highest BCUT2D eigenvalue weighted by Crippen LogP contribution is 2.52. The van der Waals surface area contributed by atoms with Gasteiger partial charge in [0.15, 0.2) is 5.16 Å². The molecule has 2 atom stereocenters. The van der Waals surface area contributed by atoms with Crippen molar-refractivity contribution in [2.24, 2.45) is 10.8 Å². The lowest BCUT2D eigenvalue weighted by Gasteiger charge is -2.39. The molecule has 2 aliphatic rings. The second-order valence-corrected chi connectivity index (χ2v) is 9.78. The molecular weight excluding hydrogens is 334 g/mol.